The molecule has 0 saturated carbocycles. The molecule has 4 fully saturated rings. The maximum Gasteiger partial charge on any atom is 0.319 e. The first-order valence-electron chi connectivity index (χ1n) is 15.3. The van der Waals surface area contributed by atoms with Crippen LogP contribution < -0.4 is 9.64 Å². The predicted molar refractivity (Wildman–Crippen MR) is 167 cm³/mol. The van der Waals surface area contributed by atoms with Crippen molar-refractivity contribution in [3.8, 4) is 17.1 Å². The molecule has 10 heteroatoms. The van der Waals surface area contributed by atoms with Gasteiger partial charge in [-0.2, -0.15) is 9.97 Å². The topological polar surface area (TPSA) is 61.8 Å². The number of alkyl halides is 1. The van der Waals surface area contributed by atoms with Gasteiger partial charge in [0.2, 0.25) is 5.91 Å². The molecule has 4 aliphatic rings. The van der Waals surface area contributed by atoms with Crippen LogP contribution in [0.2, 0.25) is 5.02 Å². The van der Waals surface area contributed by atoms with E-state index in [9.17, 15) is 13.6 Å². The van der Waals surface area contributed by atoms with Gasteiger partial charge >= 0.3 is 6.01 Å². The van der Waals surface area contributed by atoms with E-state index < -0.39 is 12.0 Å². The molecule has 4 aliphatic heterocycles. The Morgan fingerprint density at radius 3 is 2.89 bits per heavy atom. The van der Waals surface area contributed by atoms with E-state index in [1.54, 1.807) is 6.07 Å². The molecule has 226 valence electrons. The van der Waals surface area contributed by atoms with Gasteiger partial charge in [0, 0.05) is 36.8 Å². The van der Waals surface area contributed by atoms with Gasteiger partial charge in [-0.1, -0.05) is 48.5 Å². The molecule has 0 unspecified atom stereocenters. The van der Waals surface area contributed by atoms with Crippen molar-refractivity contribution in [1.82, 2.24) is 19.8 Å². The van der Waals surface area contributed by atoms with Crippen molar-refractivity contribution in [3.63, 3.8) is 0 Å². The Balaban J connectivity index is 1.20. The summed E-state index contributed by atoms with van der Waals surface area (Å²) >= 11 is 6.48. The van der Waals surface area contributed by atoms with E-state index in [-0.39, 0.29) is 34.6 Å². The molecular weight excluding hydrogens is 584 g/mol. The first kappa shape index (κ1) is 27.7. The van der Waals surface area contributed by atoms with Gasteiger partial charge < -0.3 is 14.5 Å². The number of carbonyl (C=O) groups is 1. The van der Waals surface area contributed by atoms with Crippen LogP contribution in [0, 0.1) is 5.82 Å². The van der Waals surface area contributed by atoms with E-state index in [0.717, 1.165) is 53.5 Å². The summed E-state index contributed by atoms with van der Waals surface area (Å²) in [4.78, 5) is 28.5. The molecule has 5 heterocycles. The van der Waals surface area contributed by atoms with Crippen molar-refractivity contribution in [1.29, 1.82) is 0 Å². The third kappa shape index (κ3) is 4.27. The molecule has 1 amide bonds. The highest BCUT2D eigenvalue weighted by atomic mass is 35.5. The lowest BCUT2D eigenvalue weighted by atomic mass is 9.95. The lowest BCUT2D eigenvalue weighted by molar-refractivity contribution is -0.127. The Kier molecular flexibility index (Phi) is 6.54. The molecule has 44 heavy (non-hydrogen) atoms. The van der Waals surface area contributed by atoms with Crippen LogP contribution in [-0.2, 0) is 4.79 Å². The van der Waals surface area contributed by atoms with Crippen molar-refractivity contribution < 1.29 is 18.3 Å². The van der Waals surface area contributed by atoms with E-state index >= 15 is 0 Å². The Morgan fingerprint density at radius 2 is 2.02 bits per heavy atom. The van der Waals surface area contributed by atoms with Crippen LogP contribution >= 0.6 is 11.6 Å². The van der Waals surface area contributed by atoms with Crippen LogP contribution in [0.15, 0.2) is 61.2 Å². The summed E-state index contributed by atoms with van der Waals surface area (Å²) in [5.41, 5.74) is 1.99. The van der Waals surface area contributed by atoms with Crippen LogP contribution in [0.25, 0.3) is 32.8 Å². The van der Waals surface area contributed by atoms with Crippen LogP contribution in [0.4, 0.5) is 14.6 Å². The second-order valence-electron chi connectivity index (χ2n) is 12.5. The van der Waals surface area contributed by atoms with Crippen LogP contribution in [0.3, 0.4) is 0 Å². The van der Waals surface area contributed by atoms with E-state index in [4.69, 9.17) is 26.3 Å². The summed E-state index contributed by atoms with van der Waals surface area (Å²) < 4.78 is 35.3. The lowest BCUT2D eigenvalue weighted by Gasteiger charge is -2.47. The number of amides is 1. The summed E-state index contributed by atoms with van der Waals surface area (Å²) in [6.45, 7) is 6.63. The molecule has 7 nitrogen and oxygen atoms in total. The van der Waals surface area contributed by atoms with Gasteiger partial charge in [0.1, 0.15) is 24.4 Å². The Morgan fingerprint density at radius 1 is 1.14 bits per heavy atom. The zero-order chi connectivity index (χ0) is 30.2. The number of ether oxygens (including phenoxy) is 1. The fraction of sp³-hybridized carbons (Fsp3) is 0.382. The smallest absolute Gasteiger partial charge is 0.319 e. The molecule has 0 bridgehead atoms. The maximum atomic E-state index is 14.5. The van der Waals surface area contributed by atoms with Gasteiger partial charge in [-0.3, -0.25) is 9.69 Å². The van der Waals surface area contributed by atoms with Gasteiger partial charge in [0.25, 0.3) is 0 Å². The zero-order valence-electron chi connectivity index (χ0n) is 24.2. The minimum absolute atomic E-state index is 0.0494. The fourth-order valence-electron chi connectivity index (χ4n) is 8.00. The number of likely N-dealkylation sites (tertiary alicyclic amines) is 1. The number of anilines is 1. The number of fused-ring (bicyclic) bond motifs is 4. The van der Waals surface area contributed by atoms with Crippen molar-refractivity contribution in [2.24, 2.45) is 0 Å². The standard InChI is InChI=1S/C34H32ClF2N5O2/c1-2-29(43)41-14-11-27-28(41)18-42(27)32-24-9-7-21(23-6-3-5-20-8-10-25(37)31(35)30(20)23)15-26(24)38-33(39-32)44-19-34-12-4-13-40(34)17-22(36)16-34/h2-3,5-10,15,22,27-28H,1,4,11-14,16-19H2/t22-,27-,28-,34+/m1/s1. The second-order valence-corrected chi connectivity index (χ2v) is 12.9. The number of benzene rings is 3. The van der Waals surface area contributed by atoms with Crippen molar-refractivity contribution in [2.45, 2.75) is 49.5 Å². The molecule has 0 radical (unpaired) electrons. The molecular formula is C34H32ClF2N5O2. The Hall–Kier alpha value is -3.82. The molecule has 4 aromatic rings. The van der Waals surface area contributed by atoms with Gasteiger partial charge in [-0.25, -0.2) is 8.78 Å². The minimum atomic E-state index is -0.853. The summed E-state index contributed by atoms with van der Waals surface area (Å²) in [6, 6.07) is 15.3. The number of aromatic nitrogens is 2. The molecule has 0 N–H and O–H groups in total. The number of halogens is 3. The quantitative estimate of drug-likeness (QED) is 0.242. The third-order valence-electron chi connectivity index (χ3n) is 10.2. The van der Waals surface area contributed by atoms with Gasteiger partial charge in [0.15, 0.2) is 0 Å². The van der Waals surface area contributed by atoms with E-state index in [0.29, 0.717) is 43.6 Å². The summed E-state index contributed by atoms with van der Waals surface area (Å²) in [6.07, 6.45) is 3.72. The number of carbonyl (C=O) groups excluding carboxylic acids is 1. The van der Waals surface area contributed by atoms with E-state index in [1.807, 2.05) is 41.3 Å². The highest BCUT2D eigenvalue weighted by Crippen LogP contribution is 2.43. The fourth-order valence-corrected chi connectivity index (χ4v) is 8.27. The number of rotatable bonds is 6. The number of hydrogen-bond acceptors (Lipinski definition) is 6. The Bertz CT molecular complexity index is 1840. The minimum Gasteiger partial charge on any atom is -0.461 e. The maximum absolute atomic E-state index is 14.5. The molecule has 3 aromatic carbocycles. The van der Waals surface area contributed by atoms with Gasteiger partial charge in [-0.05, 0) is 66.6 Å². The van der Waals surface area contributed by atoms with Crippen molar-refractivity contribution in [3.05, 3.63) is 72.0 Å². The highest BCUT2D eigenvalue weighted by Gasteiger charge is 2.50. The van der Waals surface area contributed by atoms with Gasteiger partial charge in [-0.15, -0.1) is 0 Å². The number of hydrogen-bond donors (Lipinski definition) is 0. The van der Waals surface area contributed by atoms with Crippen LogP contribution in [-0.4, -0.2) is 82.3 Å². The first-order valence-corrected chi connectivity index (χ1v) is 15.6. The summed E-state index contributed by atoms with van der Waals surface area (Å²) in [7, 11) is 0. The average molecular weight is 616 g/mol. The van der Waals surface area contributed by atoms with Crippen molar-refractivity contribution >= 4 is 45.0 Å². The average Bonchev–Trinajstić information content (AvgIpc) is 3.66. The molecule has 4 saturated heterocycles. The molecule has 0 aliphatic carbocycles. The predicted octanol–water partition coefficient (Wildman–Crippen LogP) is 6.17. The van der Waals surface area contributed by atoms with Gasteiger partial charge in [0.05, 0.1) is 28.2 Å². The number of nitrogens with zero attached hydrogens (tertiary/aromatic N) is 5. The van der Waals surface area contributed by atoms with Crippen LogP contribution in [0.5, 0.6) is 6.01 Å². The molecule has 4 atom stereocenters. The summed E-state index contributed by atoms with van der Waals surface area (Å²) in [5.74, 6) is 0.235. The van der Waals surface area contributed by atoms with E-state index in [2.05, 4.69) is 16.4 Å². The largest absolute Gasteiger partial charge is 0.461 e. The molecule has 1 aromatic heterocycles. The van der Waals surface area contributed by atoms with E-state index in [1.165, 1.54) is 12.1 Å². The lowest BCUT2D eigenvalue weighted by Crippen LogP contribution is -2.63. The van der Waals surface area contributed by atoms with Crippen molar-refractivity contribution in [2.75, 3.05) is 37.7 Å². The first-order chi connectivity index (χ1) is 21.3. The SMILES string of the molecule is C=CC(=O)N1CC[C@@H]2[C@H]1CN2c1nc(OC[C@@]23CCCN2C[C@H](F)C3)nc2cc(-c3cccc4ccc(F)c(Cl)c34)ccc12. The second kappa shape index (κ2) is 10.4. The van der Waals surface area contributed by atoms with Crippen LogP contribution in [0.1, 0.15) is 25.7 Å². The molecule has 8 rings (SSSR count). The highest BCUT2D eigenvalue weighted by molar-refractivity contribution is 6.36. The molecule has 0 spiro atoms. The zero-order valence-corrected chi connectivity index (χ0v) is 24.9. The normalized spacial score (nSPS) is 26.2. The Labute approximate surface area is 259 Å². The third-order valence-corrected chi connectivity index (χ3v) is 10.5. The summed E-state index contributed by atoms with van der Waals surface area (Å²) in [5, 5.41) is 2.43. The monoisotopic (exact) mass is 615 g/mol.